The van der Waals surface area contributed by atoms with Gasteiger partial charge in [-0.2, -0.15) is 0 Å². The van der Waals surface area contributed by atoms with Crippen molar-refractivity contribution in [1.82, 2.24) is 19.1 Å². The topological polar surface area (TPSA) is 92.9 Å². The number of aliphatic hydroxyl groups is 1. The molecule has 3 rings (SSSR count). The molecule has 3 aromatic rings. The van der Waals surface area contributed by atoms with Crippen molar-refractivity contribution >= 4 is 50.5 Å². The van der Waals surface area contributed by atoms with Crippen LogP contribution in [0.25, 0.3) is 11.2 Å². The van der Waals surface area contributed by atoms with Gasteiger partial charge >= 0.3 is 5.69 Å². The van der Waals surface area contributed by atoms with Gasteiger partial charge in [0.2, 0.25) is 0 Å². The Labute approximate surface area is 166 Å². The Balaban J connectivity index is 2.14. The fourth-order valence-electron chi connectivity index (χ4n) is 2.50. The zero-order chi connectivity index (χ0) is 18.8. The lowest BCUT2D eigenvalue weighted by molar-refractivity contribution is 0.223. The third-order valence-corrected chi connectivity index (χ3v) is 5.76. The number of aromatic nitrogens is 4. The van der Waals surface area contributed by atoms with E-state index in [1.54, 1.807) is 11.6 Å². The standard InChI is InChI=1S/C16H16BrClN4O3S/c1-21-13-12(14(24)20-15(21)25)22(7-9-3-2-4-10(17)5-9)16(19-13)26-8-11(23)6-18/h2-5,11,23H,6-8H2,1H3,(H,20,24,25). The number of thioether (sulfide) groups is 1. The van der Waals surface area contributed by atoms with Crippen molar-refractivity contribution in [1.29, 1.82) is 0 Å². The molecule has 0 aliphatic rings. The molecular weight excluding hydrogens is 444 g/mol. The quantitative estimate of drug-likeness (QED) is 0.434. The number of rotatable bonds is 6. The number of aliphatic hydroxyl groups excluding tert-OH is 1. The van der Waals surface area contributed by atoms with Crippen LogP contribution >= 0.6 is 39.3 Å². The van der Waals surface area contributed by atoms with Crippen LogP contribution in [-0.2, 0) is 13.6 Å². The summed E-state index contributed by atoms with van der Waals surface area (Å²) in [5.41, 5.74) is 0.570. The van der Waals surface area contributed by atoms with Crippen LogP contribution in [0.5, 0.6) is 0 Å². The maximum absolute atomic E-state index is 12.4. The van der Waals surface area contributed by atoms with E-state index >= 15 is 0 Å². The molecule has 2 N–H and O–H groups in total. The van der Waals surface area contributed by atoms with Gasteiger partial charge in [-0.25, -0.2) is 9.78 Å². The number of hydrogen-bond acceptors (Lipinski definition) is 5. The van der Waals surface area contributed by atoms with E-state index in [1.807, 2.05) is 24.3 Å². The van der Waals surface area contributed by atoms with E-state index in [1.165, 1.54) is 16.3 Å². The van der Waals surface area contributed by atoms with Gasteiger partial charge in [0.25, 0.3) is 5.56 Å². The Bertz CT molecular complexity index is 1060. The highest BCUT2D eigenvalue weighted by atomic mass is 79.9. The minimum Gasteiger partial charge on any atom is -0.391 e. The number of H-pyrrole nitrogens is 1. The largest absolute Gasteiger partial charge is 0.391 e. The monoisotopic (exact) mass is 458 g/mol. The van der Waals surface area contributed by atoms with Crippen molar-refractivity contribution in [3.05, 3.63) is 55.1 Å². The third kappa shape index (κ3) is 3.90. The second-order valence-corrected chi connectivity index (χ2v) is 7.93. The van der Waals surface area contributed by atoms with Crippen LogP contribution < -0.4 is 11.2 Å². The fourth-order valence-corrected chi connectivity index (χ4v) is 4.11. The summed E-state index contributed by atoms with van der Waals surface area (Å²) in [4.78, 5) is 31.1. The second kappa shape index (κ2) is 7.99. The number of hydrogen-bond donors (Lipinski definition) is 2. The predicted octanol–water partition coefficient (Wildman–Crippen LogP) is 1.93. The van der Waals surface area contributed by atoms with Gasteiger partial charge in [-0.05, 0) is 17.7 Å². The molecule has 2 aromatic heterocycles. The first-order valence-electron chi connectivity index (χ1n) is 7.71. The smallest absolute Gasteiger partial charge is 0.329 e. The highest BCUT2D eigenvalue weighted by molar-refractivity contribution is 9.10. The first kappa shape index (κ1) is 19.2. The maximum atomic E-state index is 12.4. The third-order valence-electron chi connectivity index (χ3n) is 3.78. The van der Waals surface area contributed by atoms with Gasteiger partial charge in [-0.15, -0.1) is 11.6 Å². The van der Waals surface area contributed by atoms with Crippen molar-refractivity contribution in [2.75, 3.05) is 11.6 Å². The summed E-state index contributed by atoms with van der Waals surface area (Å²) >= 11 is 10.4. The fraction of sp³-hybridized carbons (Fsp3) is 0.312. The first-order chi connectivity index (χ1) is 12.4. The van der Waals surface area contributed by atoms with E-state index < -0.39 is 17.4 Å². The molecule has 0 fully saturated rings. The van der Waals surface area contributed by atoms with Crippen LogP contribution in [0.15, 0.2) is 43.5 Å². The van der Waals surface area contributed by atoms with Crippen LogP contribution in [0.2, 0.25) is 0 Å². The molecule has 138 valence electrons. The molecule has 1 atom stereocenters. The van der Waals surface area contributed by atoms with Gasteiger partial charge in [-0.1, -0.05) is 39.8 Å². The number of benzene rings is 1. The van der Waals surface area contributed by atoms with E-state index in [0.717, 1.165) is 10.0 Å². The van der Waals surface area contributed by atoms with Gasteiger partial charge in [0.05, 0.1) is 12.6 Å². The summed E-state index contributed by atoms with van der Waals surface area (Å²) in [5, 5.41) is 10.3. The molecule has 1 unspecified atom stereocenters. The lowest BCUT2D eigenvalue weighted by Crippen LogP contribution is -2.29. The van der Waals surface area contributed by atoms with Crippen molar-refractivity contribution in [3.63, 3.8) is 0 Å². The van der Waals surface area contributed by atoms with Crippen molar-refractivity contribution in [2.45, 2.75) is 17.8 Å². The molecule has 0 spiro atoms. The molecule has 10 heteroatoms. The normalized spacial score (nSPS) is 12.6. The van der Waals surface area contributed by atoms with E-state index in [2.05, 4.69) is 25.9 Å². The molecule has 1 aromatic carbocycles. The number of nitrogens with zero attached hydrogens (tertiary/aromatic N) is 3. The number of fused-ring (bicyclic) bond motifs is 1. The average Bonchev–Trinajstić information content (AvgIpc) is 2.96. The molecular formula is C16H16BrClN4O3S. The zero-order valence-electron chi connectivity index (χ0n) is 13.8. The van der Waals surface area contributed by atoms with Gasteiger partial charge in [-0.3, -0.25) is 14.3 Å². The van der Waals surface area contributed by atoms with E-state index in [-0.39, 0.29) is 5.88 Å². The molecule has 2 heterocycles. The molecule has 0 amide bonds. The molecule has 0 bridgehead atoms. The maximum Gasteiger partial charge on any atom is 0.329 e. The predicted molar refractivity (Wildman–Crippen MR) is 106 cm³/mol. The first-order valence-corrected chi connectivity index (χ1v) is 10.0. The molecule has 0 saturated carbocycles. The summed E-state index contributed by atoms with van der Waals surface area (Å²) in [6.45, 7) is 0.399. The minimum absolute atomic E-state index is 0.109. The van der Waals surface area contributed by atoms with Gasteiger partial charge in [0, 0.05) is 23.2 Å². The number of imidazole rings is 1. The molecule has 0 radical (unpaired) electrons. The van der Waals surface area contributed by atoms with Crippen LogP contribution in [0.1, 0.15) is 5.56 Å². The molecule has 7 nitrogen and oxygen atoms in total. The number of nitrogens with one attached hydrogen (secondary N) is 1. The molecule has 26 heavy (non-hydrogen) atoms. The summed E-state index contributed by atoms with van der Waals surface area (Å²) in [6.07, 6.45) is -0.692. The highest BCUT2D eigenvalue weighted by Gasteiger charge is 2.19. The van der Waals surface area contributed by atoms with Gasteiger partial charge in [0.1, 0.15) is 0 Å². The van der Waals surface area contributed by atoms with Gasteiger partial charge in [0.15, 0.2) is 16.3 Å². The Kier molecular flexibility index (Phi) is 5.91. The number of halogens is 2. The molecule has 0 aliphatic heterocycles. The Morgan fingerprint density at radius 3 is 2.88 bits per heavy atom. The SMILES string of the molecule is Cn1c(=O)[nH]c(=O)c2c1nc(SCC(O)CCl)n2Cc1cccc(Br)c1. The number of alkyl halides is 1. The van der Waals surface area contributed by atoms with E-state index in [0.29, 0.717) is 28.6 Å². The Morgan fingerprint density at radius 2 is 2.19 bits per heavy atom. The highest BCUT2D eigenvalue weighted by Crippen LogP contribution is 2.24. The summed E-state index contributed by atoms with van der Waals surface area (Å²) in [7, 11) is 1.55. The molecule has 0 saturated heterocycles. The number of aryl methyl sites for hydroxylation is 1. The van der Waals surface area contributed by atoms with Crippen LogP contribution in [0, 0.1) is 0 Å². The number of aromatic amines is 1. The minimum atomic E-state index is -0.692. The van der Waals surface area contributed by atoms with E-state index in [4.69, 9.17) is 11.6 Å². The lowest BCUT2D eigenvalue weighted by atomic mass is 10.2. The summed E-state index contributed by atoms with van der Waals surface area (Å²) in [5.74, 6) is 0.440. The van der Waals surface area contributed by atoms with E-state index in [9.17, 15) is 14.7 Å². The second-order valence-electron chi connectivity index (χ2n) is 5.72. The van der Waals surface area contributed by atoms with Crippen LogP contribution in [0.3, 0.4) is 0 Å². The molecule has 0 aliphatic carbocycles. The van der Waals surface area contributed by atoms with Crippen molar-refractivity contribution in [3.8, 4) is 0 Å². The summed E-state index contributed by atoms with van der Waals surface area (Å²) < 4.78 is 3.98. The Morgan fingerprint density at radius 1 is 1.42 bits per heavy atom. The van der Waals surface area contributed by atoms with Crippen molar-refractivity contribution < 1.29 is 5.11 Å². The van der Waals surface area contributed by atoms with Crippen molar-refractivity contribution in [2.24, 2.45) is 7.05 Å². The average molecular weight is 460 g/mol. The zero-order valence-corrected chi connectivity index (χ0v) is 16.9. The van der Waals surface area contributed by atoms with Crippen LogP contribution in [-0.4, -0.2) is 41.9 Å². The lowest BCUT2D eigenvalue weighted by Gasteiger charge is -2.10. The van der Waals surface area contributed by atoms with Gasteiger partial charge < -0.3 is 9.67 Å². The van der Waals surface area contributed by atoms with Crippen LogP contribution in [0.4, 0.5) is 0 Å². The Hall–Kier alpha value is -1.55. The summed E-state index contributed by atoms with van der Waals surface area (Å²) in [6, 6.07) is 7.71.